The van der Waals surface area contributed by atoms with E-state index in [0.717, 1.165) is 37.1 Å². The van der Waals surface area contributed by atoms with Crippen LogP contribution in [0.15, 0.2) is 42.6 Å². The summed E-state index contributed by atoms with van der Waals surface area (Å²) in [5.41, 5.74) is 1.62. The van der Waals surface area contributed by atoms with Gasteiger partial charge in [-0.15, -0.1) is 0 Å². The van der Waals surface area contributed by atoms with Crippen LogP contribution in [0.1, 0.15) is 48.7 Å². The van der Waals surface area contributed by atoms with E-state index >= 15 is 0 Å². The standard InChI is InChI=1S/C23H28N4O3/c1-23(11-4-3-5-12-23)22(29)26-13-6-14-27-20(16-26)19(15-24-27)21(28)25-17-7-9-18(30-2)10-8-17/h3-4,7-10,15H,5-6,11-14,16H2,1-2H3,(H,25,28). The van der Waals surface area contributed by atoms with E-state index in [1.165, 1.54) is 0 Å². The number of carbonyl (C=O) groups excluding carboxylic acids is 2. The Kier molecular flexibility index (Phi) is 5.61. The zero-order valence-electron chi connectivity index (χ0n) is 17.6. The number of anilines is 1. The molecule has 1 aliphatic carbocycles. The maximum Gasteiger partial charge on any atom is 0.259 e. The van der Waals surface area contributed by atoms with Crippen LogP contribution in [0.3, 0.4) is 0 Å². The predicted molar refractivity (Wildman–Crippen MR) is 114 cm³/mol. The second-order valence-corrected chi connectivity index (χ2v) is 8.27. The van der Waals surface area contributed by atoms with E-state index in [9.17, 15) is 9.59 Å². The highest BCUT2D eigenvalue weighted by Crippen LogP contribution is 2.35. The summed E-state index contributed by atoms with van der Waals surface area (Å²) >= 11 is 0. The van der Waals surface area contributed by atoms with Gasteiger partial charge in [-0.25, -0.2) is 0 Å². The molecule has 2 aromatic rings. The van der Waals surface area contributed by atoms with Gasteiger partial charge in [0.15, 0.2) is 0 Å². The van der Waals surface area contributed by atoms with Gasteiger partial charge in [-0.1, -0.05) is 19.1 Å². The van der Waals surface area contributed by atoms with Crippen LogP contribution in [0.2, 0.25) is 0 Å². The lowest BCUT2D eigenvalue weighted by molar-refractivity contribution is -0.142. The monoisotopic (exact) mass is 408 g/mol. The van der Waals surface area contributed by atoms with Crippen molar-refractivity contribution in [3.63, 3.8) is 0 Å². The first-order valence-corrected chi connectivity index (χ1v) is 10.4. The minimum absolute atomic E-state index is 0.169. The molecule has 1 aromatic carbocycles. The molecule has 1 N–H and O–H groups in total. The number of methoxy groups -OCH3 is 1. The molecule has 7 nitrogen and oxygen atoms in total. The lowest BCUT2D eigenvalue weighted by Crippen LogP contribution is -2.42. The Morgan fingerprint density at radius 3 is 2.67 bits per heavy atom. The van der Waals surface area contributed by atoms with Crippen molar-refractivity contribution in [3.05, 3.63) is 53.9 Å². The van der Waals surface area contributed by atoms with Crippen molar-refractivity contribution in [1.82, 2.24) is 14.7 Å². The largest absolute Gasteiger partial charge is 0.497 e. The molecule has 30 heavy (non-hydrogen) atoms. The molecule has 0 spiro atoms. The molecular formula is C23H28N4O3. The molecule has 1 unspecified atom stereocenters. The van der Waals surface area contributed by atoms with Crippen molar-refractivity contribution in [2.24, 2.45) is 5.41 Å². The Hall–Kier alpha value is -3.09. The second kappa shape index (κ2) is 8.34. The molecule has 4 rings (SSSR count). The summed E-state index contributed by atoms with van der Waals surface area (Å²) in [6, 6.07) is 7.19. The van der Waals surface area contributed by atoms with Gasteiger partial charge in [-0.05, 0) is 49.9 Å². The minimum Gasteiger partial charge on any atom is -0.497 e. The van der Waals surface area contributed by atoms with E-state index in [2.05, 4.69) is 29.5 Å². The number of fused-ring (bicyclic) bond motifs is 1. The summed E-state index contributed by atoms with van der Waals surface area (Å²) in [5.74, 6) is 0.679. The van der Waals surface area contributed by atoms with E-state index in [1.54, 1.807) is 37.6 Å². The van der Waals surface area contributed by atoms with Crippen molar-refractivity contribution in [1.29, 1.82) is 0 Å². The molecule has 0 saturated heterocycles. The van der Waals surface area contributed by atoms with Gasteiger partial charge in [0.25, 0.3) is 5.91 Å². The maximum absolute atomic E-state index is 13.3. The number of ether oxygens (including phenoxy) is 1. The van der Waals surface area contributed by atoms with Crippen molar-refractivity contribution in [2.75, 3.05) is 19.0 Å². The first kappa shape index (κ1) is 20.2. The molecule has 2 aliphatic rings. The van der Waals surface area contributed by atoms with Gasteiger partial charge in [0.1, 0.15) is 5.75 Å². The topological polar surface area (TPSA) is 76.5 Å². The zero-order chi connectivity index (χ0) is 21.1. The lowest BCUT2D eigenvalue weighted by atomic mass is 9.77. The number of aryl methyl sites for hydroxylation is 1. The summed E-state index contributed by atoms with van der Waals surface area (Å²) in [6.07, 6.45) is 9.25. The Bertz CT molecular complexity index is 963. The molecule has 1 atom stereocenters. The number of nitrogens with zero attached hydrogens (tertiary/aromatic N) is 3. The van der Waals surface area contributed by atoms with Crippen LogP contribution >= 0.6 is 0 Å². The van der Waals surface area contributed by atoms with Crippen LogP contribution in [0.25, 0.3) is 0 Å². The quantitative estimate of drug-likeness (QED) is 0.784. The van der Waals surface area contributed by atoms with Crippen LogP contribution < -0.4 is 10.1 Å². The average molecular weight is 409 g/mol. The third-order valence-electron chi connectivity index (χ3n) is 6.08. The van der Waals surface area contributed by atoms with Crippen LogP contribution in [0.5, 0.6) is 5.75 Å². The van der Waals surface area contributed by atoms with Gasteiger partial charge >= 0.3 is 0 Å². The van der Waals surface area contributed by atoms with Gasteiger partial charge in [0.05, 0.1) is 36.5 Å². The second-order valence-electron chi connectivity index (χ2n) is 8.27. The number of benzene rings is 1. The summed E-state index contributed by atoms with van der Waals surface area (Å²) in [5, 5.41) is 7.34. The van der Waals surface area contributed by atoms with Gasteiger partial charge in [0.2, 0.25) is 5.91 Å². The van der Waals surface area contributed by atoms with Crippen LogP contribution in [0.4, 0.5) is 5.69 Å². The SMILES string of the molecule is COc1ccc(NC(=O)c2cnn3c2CN(C(=O)C2(C)CC=CCC2)CCC3)cc1. The number of nitrogens with one attached hydrogen (secondary N) is 1. The summed E-state index contributed by atoms with van der Waals surface area (Å²) < 4.78 is 7.02. The van der Waals surface area contributed by atoms with E-state index < -0.39 is 0 Å². The molecule has 2 heterocycles. The van der Waals surface area contributed by atoms with Gasteiger partial charge < -0.3 is 15.0 Å². The Morgan fingerprint density at radius 2 is 1.97 bits per heavy atom. The number of aromatic nitrogens is 2. The number of hydrogen-bond donors (Lipinski definition) is 1. The fourth-order valence-corrected chi connectivity index (χ4v) is 4.22. The molecule has 7 heteroatoms. The molecule has 2 amide bonds. The number of hydrogen-bond acceptors (Lipinski definition) is 4. The molecule has 1 aliphatic heterocycles. The molecule has 158 valence electrons. The van der Waals surface area contributed by atoms with E-state index in [-0.39, 0.29) is 17.2 Å². The van der Waals surface area contributed by atoms with Crippen LogP contribution in [0, 0.1) is 5.41 Å². The summed E-state index contributed by atoms with van der Waals surface area (Å²) in [4.78, 5) is 28.2. The van der Waals surface area contributed by atoms with Crippen molar-refractivity contribution >= 4 is 17.5 Å². The van der Waals surface area contributed by atoms with Crippen LogP contribution in [-0.4, -0.2) is 40.1 Å². The third kappa shape index (κ3) is 3.97. The lowest BCUT2D eigenvalue weighted by Gasteiger charge is -2.35. The number of allylic oxidation sites excluding steroid dienone is 2. The van der Waals surface area contributed by atoms with Gasteiger partial charge in [-0.2, -0.15) is 5.10 Å². The number of carbonyl (C=O) groups is 2. The Balaban J connectivity index is 1.53. The van der Waals surface area contributed by atoms with Crippen molar-refractivity contribution in [2.45, 2.75) is 45.7 Å². The molecule has 0 radical (unpaired) electrons. The molecule has 0 fully saturated rings. The third-order valence-corrected chi connectivity index (χ3v) is 6.08. The van der Waals surface area contributed by atoms with Gasteiger partial charge in [0, 0.05) is 18.8 Å². The first-order chi connectivity index (χ1) is 14.5. The summed E-state index contributed by atoms with van der Waals surface area (Å²) in [6.45, 7) is 3.84. The first-order valence-electron chi connectivity index (χ1n) is 10.4. The van der Waals surface area contributed by atoms with E-state index in [1.807, 2.05) is 9.58 Å². The minimum atomic E-state index is -0.366. The molecule has 0 bridgehead atoms. The van der Waals surface area contributed by atoms with Crippen molar-refractivity contribution < 1.29 is 14.3 Å². The highest BCUT2D eigenvalue weighted by molar-refractivity contribution is 6.05. The zero-order valence-corrected chi connectivity index (χ0v) is 17.6. The maximum atomic E-state index is 13.3. The number of amides is 2. The van der Waals surface area contributed by atoms with Crippen molar-refractivity contribution in [3.8, 4) is 5.75 Å². The highest BCUT2D eigenvalue weighted by Gasteiger charge is 2.37. The van der Waals surface area contributed by atoms with Gasteiger partial charge in [-0.3, -0.25) is 14.3 Å². The highest BCUT2D eigenvalue weighted by atomic mass is 16.5. The fourth-order valence-electron chi connectivity index (χ4n) is 4.22. The van der Waals surface area contributed by atoms with E-state index in [0.29, 0.717) is 30.9 Å². The Labute approximate surface area is 176 Å². The molecule has 1 aromatic heterocycles. The molecule has 0 saturated carbocycles. The molecular weight excluding hydrogens is 380 g/mol. The average Bonchev–Trinajstić information content (AvgIpc) is 3.04. The van der Waals surface area contributed by atoms with E-state index in [4.69, 9.17) is 4.74 Å². The summed E-state index contributed by atoms with van der Waals surface area (Å²) in [7, 11) is 1.60. The van der Waals surface area contributed by atoms with Crippen LogP contribution in [-0.2, 0) is 17.9 Å². The predicted octanol–water partition coefficient (Wildman–Crippen LogP) is 3.62. The Morgan fingerprint density at radius 1 is 1.17 bits per heavy atom. The number of rotatable bonds is 4. The normalized spacial score (nSPS) is 20.9. The smallest absolute Gasteiger partial charge is 0.259 e. The fraction of sp³-hybridized carbons (Fsp3) is 0.435.